The average molecular weight is 360 g/mol. The van der Waals surface area contributed by atoms with Crippen LogP contribution in [0.5, 0.6) is 0 Å². The van der Waals surface area contributed by atoms with Crippen molar-refractivity contribution in [2.75, 3.05) is 18.4 Å². The summed E-state index contributed by atoms with van der Waals surface area (Å²) in [6, 6.07) is 9.90. The number of piperidine rings is 1. The summed E-state index contributed by atoms with van der Waals surface area (Å²) in [5.41, 5.74) is 2.38. The molecule has 0 atom stereocenters. The number of fused-ring (bicyclic) bond motifs is 1. The molecule has 3 N–H and O–H groups in total. The van der Waals surface area contributed by atoms with Crippen molar-refractivity contribution >= 4 is 34.9 Å². The van der Waals surface area contributed by atoms with Crippen molar-refractivity contribution in [3.8, 4) is 0 Å². The van der Waals surface area contributed by atoms with Gasteiger partial charge in [-0.05, 0) is 63.2 Å². The quantitative estimate of drug-likeness (QED) is 0.673. The Labute approximate surface area is 152 Å². The van der Waals surface area contributed by atoms with Crippen molar-refractivity contribution in [2.45, 2.75) is 25.3 Å². The average Bonchev–Trinajstić information content (AvgIpc) is 3.24. The lowest BCUT2D eigenvalue weighted by Gasteiger charge is -2.36. The van der Waals surface area contributed by atoms with Crippen molar-refractivity contribution in [1.29, 1.82) is 0 Å². The maximum atomic E-state index is 13.1. The maximum Gasteiger partial charge on any atom is 0.252 e. The van der Waals surface area contributed by atoms with Crippen LogP contribution >= 0.6 is 12.4 Å². The van der Waals surface area contributed by atoms with E-state index in [1.165, 1.54) is 0 Å². The van der Waals surface area contributed by atoms with E-state index in [2.05, 4.69) is 26.8 Å². The molecule has 1 aliphatic heterocycles. The van der Waals surface area contributed by atoms with Crippen LogP contribution in [0, 0.1) is 6.92 Å². The number of carbonyl (C=O) groups excluding carboxylic acids is 1. The number of hydrogen-bond donors (Lipinski definition) is 3. The van der Waals surface area contributed by atoms with Crippen molar-refractivity contribution in [3.63, 3.8) is 0 Å². The minimum Gasteiger partial charge on any atom is -0.359 e. The van der Waals surface area contributed by atoms with Gasteiger partial charge >= 0.3 is 0 Å². The number of nitrogens with one attached hydrogen (secondary N) is 3. The van der Waals surface area contributed by atoms with Gasteiger partial charge in [-0.1, -0.05) is 0 Å². The van der Waals surface area contributed by atoms with Gasteiger partial charge in [0.2, 0.25) is 0 Å². The predicted octanol–water partition coefficient (Wildman–Crippen LogP) is 2.81. The first kappa shape index (κ1) is 17.5. The SMILES string of the molecule is Cc1cc2cc(NC(=O)C3(n4cccn4)CCNCC3)ccc2[nH]1.Cl. The van der Waals surface area contributed by atoms with Gasteiger partial charge in [0.15, 0.2) is 0 Å². The lowest BCUT2D eigenvalue weighted by Crippen LogP contribution is -2.52. The third-order valence-corrected chi connectivity index (χ3v) is 4.81. The van der Waals surface area contributed by atoms with Crippen LogP contribution in [0.1, 0.15) is 18.5 Å². The number of carbonyl (C=O) groups is 1. The van der Waals surface area contributed by atoms with E-state index >= 15 is 0 Å². The zero-order valence-corrected chi connectivity index (χ0v) is 14.9. The predicted molar refractivity (Wildman–Crippen MR) is 101 cm³/mol. The summed E-state index contributed by atoms with van der Waals surface area (Å²) in [7, 11) is 0. The highest BCUT2D eigenvalue weighted by molar-refractivity contribution is 5.98. The Morgan fingerprint density at radius 3 is 2.80 bits per heavy atom. The zero-order chi connectivity index (χ0) is 16.6. The molecule has 0 radical (unpaired) electrons. The minimum absolute atomic E-state index is 0. The molecule has 0 saturated carbocycles. The smallest absolute Gasteiger partial charge is 0.252 e. The molecule has 0 unspecified atom stereocenters. The summed E-state index contributed by atoms with van der Waals surface area (Å²) < 4.78 is 1.81. The van der Waals surface area contributed by atoms with Crippen LogP contribution in [0.15, 0.2) is 42.7 Å². The number of aryl methyl sites for hydroxylation is 1. The van der Waals surface area contributed by atoms with Crippen LogP contribution in [-0.2, 0) is 10.3 Å². The zero-order valence-electron chi connectivity index (χ0n) is 14.1. The number of benzene rings is 1. The first-order valence-electron chi connectivity index (χ1n) is 8.29. The second-order valence-electron chi connectivity index (χ2n) is 6.44. The molecule has 1 saturated heterocycles. The largest absolute Gasteiger partial charge is 0.359 e. The fourth-order valence-electron chi connectivity index (χ4n) is 3.53. The number of nitrogens with zero attached hydrogens (tertiary/aromatic N) is 2. The highest BCUT2D eigenvalue weighted by Crippen LogP contribution is 2.29. The summed E-state index contributed by atoms with van der Waals surface area (Å²) in [5.74, 6) is -0.000641. The molecule has 3 aromatic rings. The van der Waals surface area contributed by atoms with Crippen molar-refractivity contribution < 1.29 is 4.79 Å². The molecule has 2 aromatic heterocycles. The standard InChI is InChI=1S/C18H21N5O.ClH/c1-13-11-14-12-15(3-4-16(14)21-13)22-17(24)18(5-8-19-9-6-18)23-10-2-7-20-23;/h2-4,7,10-12,19,21H,5-6,8-9H2,1H3,(H,22,24);1H. The van der Waals surface area contributed by atoms with E-state index in [1.807, 2.05) is 42.1 Å². The number of halogens is 1. The van der Waals surface area contributed by atoms with E-state index in [0.29, 0.717) is 0 Å². The van der Waals surface area contributed by atoms with Crippen LogP contribution in [-0.4, -0.2) is 33.8 Å². The van der Waals surface area contributed by atoms with E-state index in [1.54, 1.807) is 6.20 Å². The van der Waals surface area contributed by atoms with Gasteiger partial charge in [-0.25, -0.2) is 0 Å². The summed E-state index contributed by atoms with van der Waals surface area (Å²) >= 11 is 0. The van der Waals surface area contributed by atoms with Gasteiger partial charge in [-0.15, -0.1) is 12.4 Å². The number of anilines is 1. The van der Waals surface area contributed by atoms with Gasteiger partial charge in [-0.2, -0.15) is 5.10 Å². The Hall–Kier alpha value is -2.31. The van der Waals surface area contributed by atoms with Crippen LogP contribution in [0.4, 0.5) is 5.69 Å². The molecule has 25 heavy (non-hydrogen) atoms. The van der Waals surface area contributed by atoms with Gasteiger partial charge in [0.05, 0.1) is 0 Å². The highest BCUT2D eigenvalue weighted by Gasteiger charge is 2.42. The molecule has 1 aromatic carbocycles. The molecule has 0 spiro atoms. The van der Waals surface area contributed by atoms with E-state index in [-0.39, 0.29) is 18.3 Å². The lowest BCUT2D eigenvalue weighted by atomic mass is 9.87. The summed E-state index contributed by atoms with van der Waals surface area (Å²) in [6.45, 7) is 3.65. The molecule has 1 fully saturated rings. The molecule has 3 heterocycles. The van der Waals surface area contributed by atoms with Crippen LogP contribution in [0.25, 0.3) is 10.9 Å². The van der Waals surface area contributed by atoms with E-state index < -0.39 is 5.54 Å². The van der Waals surface area contributed by atoms with Crippen molar-refractivity contribution in [2.24, 2.45) is 0 Å². The number of hydrogen-bond acceptors (Lipinski definition) is 3. The summed E-state index contributed by atoms with van der Waals surface area (Å²) in [5, 5.41) is 11.9. The third-order valence-electron chi connectivity index (χ3n) is 4.81. The first-order chi connectivity index (χ1) is 11.7. The number of aromatic amines is 1. The first-order valence-corrected chi connectivity index (χ1v) is 8.29. The molecular weight excluding hydrogens is 338 g/mol. The van der Waals surface area contributed by atoms with E-state index in [9.17, 15) is 4.79 Å². The molecule has 0 aliphatic carbocycles. The fourth-order valence-corrected chi connectivity index (χ4v) is 3.53. The molecule has 1 amide bonds. The van der Waals surface area contributed by atoms with Crippen LogP contribution in [0.3, 0.4) is 0 Å². The molecule has 6 nitrogen and oxygen atoms in total. The molecule has 4 rings (SSSR count). The summed E-state index contributed by atoms with van der Waals surface area (Å²) in [4.78, 5) is 16.4. The lowest BCUT2D eigenvalue weighted by molar-refractivity contribution is -0.126. The Balaban J connectivity index is 0.00000182. The molecule has 7 heteroatoms. The van der Waals surface area contributed by atoms with Crippen LogP contribution < -0.4 is 10.6 Å². The van der Waals surface area contributed by atoms with Gasteiger partial charge in [-0.3, -0.25) is 9.48 Å². The van der Waals surface area contributed by atoms with Crippen molar-refractivity contribution in [3.05, 3.63) is 48.4 Å². The highest BCUT2D eigenvalue weighted by atomic mass is 35.5. The number of rotatable bonds is 3. The minimum atomic E-state index is -0.627. The molecule has 0 bridgehead atoms. The second-order valence-corrected chi connectivity index (χ2v) is 6.44. The van der Waals surface area contributed by atoms with Crippen LogP contribution in [0.2, 0.25) is 0 Å². The Kier molecular flexibility index (Phi) is 4.83. The maximum absolute atomic E-state index is 13.1. The van der Waals surface area contributed by atoms with Gasteiger partial charge in [0.1, 0.15) is 5.54 Å². The van der Waals surface area contributed by atoms with Crippen molar-refractivity contribution in [1.82, 2.24) is 20.1 Å². The Bertz CT molecular complexity index is 865. The van der Waals surface area contributed by atoms with E-state index in [0.717, 1.165) is 48.2 Å². The third kappa shape index (κ3) is 3.15. The van der Waals surface area contributed by atoms with Gasteiger partial charge < -0.3 is 15.6 Å². The Morgan fingerprint density at radius 1 is 1.28 bits per heavy atom. The van der Waals surface area contributed by atoms with E-state index in [4.69, 9.17) is 0 Å². The molecule has 132 valence electrons. The number of amides is 1. The van der Waals surface area contributed by atoms with Gasteiger partial charge in [0, 0.05) is 34.7 Å². The topological polar surface area (TPSA) is 74.7 Å². The summed E-state index contributed by atoms with van der Waals surface area (Å²) in [6.07, 6.45) is 5.06. The normalized spacial score (nSPS) is 16.4. The number of H-pyrrole nitrogens is 1. The second kappa shape index (κ2) is 6.90. The van der Waals surface area contributed by atoms with Gasteiger partial charge in [0.25, 0.3) is 5.91 Å². The molecular formula is C18H22ClN5O. The number of aromatic nitrogens is 3. The monoisotopic (exact) mass is 359 g/mol. The molecule has 1 aliphatic rings. The Morgan fingerprint density at radius 2 is 2.08 bits per heavy atom. The fraction of sp³-hybridized carbons (Fsp3) is 0.333.